The van der Waals surface area contributed by atoms with E-state index in [-0.39, 0.29) is 4.90 Å². The van der Waals surface area contributed by atoms with Crippen LogP contribution in [0.1, 0.15) is 26.3 Å². The highest BCUT2D eigenvalue weighted by Gasteiger charge is 2.24. The van der Waals surface area contributed by atoms with E-state index in [0.29, 0.717) is 23.1 Å². The van der Waals surface area contributed by atoms with Crippen LogP contribution in [-0.2, 0) is 10.0 Å². The van der Waals surface area contributed by atoms with E-state index in [4.69, 9.17) is 4.98 Å². The molecule has 0 spiro atoms. The summed E-state index contributed by atoms with van der Waals surface area (Å²) < 4.78 is 29.4. The third-order valence-electron chi connectivity index (χ3n) is 7.38. The molecule has 8 nitrogen and oxygen atoms in total. The number of piperazine rings is 1. The number of fused-ring (bicyclic) bond motifs is 2. The van der Waals surface area contributed by atoms with Crippen LogP contribution in [-0.4, -0.2) is 60.1 Å². The van der Waals surface area contributed by atoms with Gasteiger partial charge < -0.3 is 10.2 Å². The van der Waals surface area contributed by atoms with Gasteiger partial charge in [0.25, 0.3) is 0 Å². The van der Waals surface area contributed by atoms with Gasteiger partial charge in [0.05, 0.1) is 11.1 Å². The van der Waals surface area contributed by atoms with Gasteiger partial charge in [-0.15, -0.1) is 0 Å². The predicted molar refractivity (Wildman–Crippen MR) is 158 cm³/mol. The van der Waals surface area contributed by atoms with Gasteiger partial charge in [-0.05, 0) is 62.6 Å². The fraction of sp³-hybridized carbons (Fsp3) is 0.267. The fourth-order valence-electron chi connectivity index (χ4n) is 5.34. The summed E-state index contributed by atoms with van der Waals surface area (Å²) in [6.07, 6.45) is 11.7. The molecular weight excluding hydrogens is 508 g/mol. The van der Waals surface area contributed by atoms with Crippen LogP contribution in [0.5, 0.6) is 0 Å². The van der Waals surface area contributed by atoms with Crippen molar-refractivity contribution in [3.8, 4) is 11.1 Å². The van der Waals surface area contributed by atoms with Crippen LogP contribution in [0.15, 0.2) is 90.4 Å². The van der Waals surface area contributed by atoms with Gasteiger partial charge in [-0.25, -0.2) is 22.6 Å². The summed E-state index contributed by atoms with van der Waals surface area (Å²) in [5.41, 5.74) is 5.53. The first kappa shape index (κ1) is 26.8. The second kappa shape index (κ2) is 10.8. The highest BCUT2D eigenvalue weighted by atomic mass is 32.2. The average Bonchev–Trinajstić information content (AvgIpc) is 3.36. The number of aromatic nitrogens is 3. The Kier molecular flexibility index (Phi) is 7.40. The van der Waals surface area contributed by atoms with E-state index >= 15 is 0 Å². The highest BCUT2D eigenvalue weighted by Crippen LogP contribution is 2.34. The van der Waals surface area contributed by atoms with Gasteiger partial charge in [0.1, 0.15) is 0 Å². The maximum absolute atomic E-state index is 12.6. The number of hydrogen-bond donors (Lipinski definition) is 2. The Morgan fingerprint density at radius 1 is 1.05 bits per heavy atom. The van der Waals surface area contributed by atoms with Crippen LogP contribution in [0.3, 0.4) is 0 Å². The molecule has 1 aliphatic rings. The van der Waals surface area contributed by atoms with E-state index < -0.39 is 10.0 Å². The van der Waals surface area contributed by atoms with E-state index in [1.54, 1.807) is 22.8 Å². The van der Waals surface area contributed by atoms with Gasteiger partial charge >= 0.3 is 0 Å². The molecule has 2 aromatic carbocycles. The number of allylic oxidation sites excluding steroid dienone is 4. The predicted octanol–water partition coefficient (Wildman–Crippen LogP) is 4.61. The normalized spacial score (nSPS) is 19.1. The molecule has 1 saturated heterocycles. The van der Waals surface area contributed by atoms with E-state index in [0.717, 1.165) is 46.4 Å². The van der Waals surface area contributed by atoms with Crippen LogP contribution >= 0.6 is 0 Å². The smallest absolute Gasteiger partial charge is 0.240 e. The molecule has 4 aromatic rings. The van der Waals surface area contributed by atoms with E-state index in [2.05, 4.69) is 59.5 Å². The molecule has 1 fully saturated rings. The number of sulfonamides is 1. The number of rotatable bonds is 7. The summed E-state index contributed by atoms with van der Waals surface area (Å²) in [6, 6.07) is 11.7. The molecule has 2 aromatic heterocycles. The number of benzene rings is 2. The van der Waals surface area contributed by atoms with Gasteiger partial charge in [0.2, 0.25) is 10.0 Å². The molecule has 1 aliphatic heterocycles. The molecular formula is C30H34N6O2S. The molecule has 0 saturated carbocycles. The molecule has 3 heterocycles. The largest absolute Gasteiger partial charge is 0.364 e. The van der Waals surface area contributed by atoms with Crippen molar-refractivity contribution in [3.63, 3.8) is 0 Å². The second-order valence-electron chi connectivity index (χ2n) is 9.94. The van der Waals surface area contributed by atoms with Crippen LogP contribution in [0.4, 0.5) is 0 Å². The van der Waals surface area contributed by atoms with Crippen LogP contribution in [0, 0.1) is 0 Å². The Labute approximate surface area is 229 Å². The first-order chi connectivity index (χ1) is 18.7. The van der Waals surface area contributed by atoms with E-state index in [1.807, 2.05) is 42.7 Å². The summed E-state index contributed by atoms with van der Waals surface area (Å²) in [7, 11) is -2.19. The molecule has 0 bridgehead atoms. The van der Waals surface area contributed by atoms with Crippen molar-refractivity contribution in [2.45, 2.75) is 37.8 Å². The number of nitrogens with zero attached hydrogens (tertiary/aromatic N) is 4. The topological polar surface area (TPSA) is 91.6 Å². The van der Waals surface area contributed by atoms with Gasteiger partial charge in [-0.2, -0.15) is 5.10 Å². The Bertz CT molecular complexity index is 1710. The molecule has 2 atom stereocenters. The lowest BCUT2D eigenvalue weighted by Gasteiger charge is -2.41. The molecule has 2 N–H and O–H groups in total. The number of hydrogen-bond acceptors (Lipinski definition) is 6. The average molecular weight is 543 g/mol. The molecule has 39 heavy (non-hydrogen) atoms. The monoisotopic (exact) mass is 542 g/mol. The zero-order valence-electron chi connectivity index (χ0n) is 22.7. The van der Waals surface area contributed by atoms with Crippen molar-refractivity contribution in [1.82, 2.24) is 29.5 Å². The molecule has 0 amide bonds. The lowest BCUT2D eigenvalue weighted by Crippen LogP contribution is -2.54. The van der Waals surface area contributed by atoms with Gasteiger partial charge in [-0.3, -0.25) is 0 Å². The van der Waals surface area contributed by atoms with Gasteiger partial charge in [0.15, 0.2) is 5.65 Å². The lowest BCUT2D eigenvalue weighted by molar-refractivity contribution is 0.167. The van der Waals surface area contributed by atoms with Crippen molar-refractivity contribution in [3.05, 3.63) is 91.1 Å². The maximum Gasteiger partial charge on any atom is 0.240 e. The lowest BCUT2D eigenvalue weighted by atomic mass is 10.00. The zero-order valence-corrected chi connectivity index (χ0v) is 23.5. The summed E-state index contributed by atoms with van der Waals surface area (Å²) >= 11 is 0. The first-order valence-corrected chi connectivity index (χ1v) is 14.5. The zero-order chi connectivity index (χ0) is 27.7. The number of nitrogens with one attached hydrogen (secondary N) is 2. The minimum Gasteiger partial charge on any atom is -0.364 e. The quantitative estimate of drug-likeness (QED) is 0.332. The molecule has 0 aliphatic carbocycles. The SMILES string of the molecule is C=C/C(=C\C=C(/C)c1cnc2c(-c3cccc4c(S(=O)(=O)NC)cccc34)cnn2c1)N1[C@H](C)CNC[C@@H]1C. The van der Waals surface area contributed by atoms with Gasteiger partial charge in [0, 0.05) is 59.8 Å². The van der Waals surface area contributed by atoms with Crippen LogP contribution < -0.4 is 10.0 Å². The maximum atomic E-state index is 12.6. The molecule has 0 radical (unpaired) electrons. The van der Waals surface area contributed by atoms with Crippen molar-refractivity contribution in [2.24, 2.45) is 0 Å². The third-order valence-corrected chi connectivity index (χ3v) is 8.86. The minimum atomic E-state index is -3.60. The molecule has 202 valence electrons. The summed E-state index contributed by atoms with van der Waals surface area (Å²) in [6.45, 7) is 12.5. The van der Waals surface area contributed by atoms with Crippen molar-refractivity contribution < 1.29 is 8.42 Å². The summed E-state index contributed by atoms with van der Waals surface area (Å²) in [5.74, 6) is 0. The van der Waals surface area contributed by atoms with Crippen LogP contribution in [0.2, 0.25) is 0 Å². The van der Waals surface area contributed by atoms with E-state index in [9.17, 15) is 8.42 Å². The molecule has 0 unspecified atom stereocenters. The summed E-state index contributed by atoms with van der Waals surface area (Å²) in [4.78, 5) is 7.42. The van der Waals surface area contributed by atoms with Crippen molar-refractivity contribution in [1.29, 1.82) is 0 Å². The Morgan fingerprint density at radius 2 is 1.77 bits per heavy atom. The highest BCUT2D eigenvalue weighted by molar-refractivity contribution is 7.89. The fourth-order valence-corrected chi connectivity index (χ4v) is 6.28. The van der Waals surface area contributed by atoms with Crippen LogP contribution in [0.25, 0.3) is 33.1 Å². The third kappa shape index (κ3) is 5.01. The minimum absolute atomic E-state index is 0.244. The summed E-state index contributed by atoms with van der Waals surface area (Å²) in [5, 5.41) is 9.53. The Hall–Kier alpha value is -3.79. The van der Waals surface area contributed by atoms with Crippen molar-refractivity contribution in [2.75, 3.05) is 20.1 Å². The van der Waals surface area contributed by atoms with Crippen molar-refractivity contribution >= 4 is 32.0 Å². The van der Waals surface area contributed by atoms with Gasteiger partial charge in [-0.1, -0.05) is 43.0 Å². The molecule has 9 heteroatoms. The second-order valence-corrected chi connectivity index (χ2v) is 11.8. The Morgan fingerprint density at radius 3 is 2.49 bits per heavy atom. The standard InChI is InChI=1S/C30H34N6O2S/c1-6-24(36-21(3)15-32-16-22(36)4)14-13-20(2)23-17-33-30-28(18-34-35(30)19-23)26-9-7-11-27-25(26)10-8-12-29(27)39(37,38)31-5/h6-14,17-19,21-22,31-32H,1,15-16H2,2-5H3/b20-13+,24-14+/t21-,22+. The molecule has 5 rings (SSSR count). The first-order valence-electron chi connectivity index (χ1n) is 13.0. The van der Waals surface area contributed by atoms with E-state index in [1.165, 1.54) is 7.05 Å². The Balaban J connectivity index is 1.51.